The van der Waals surface area contributed by atoms with Gasteiger partial charge in [-0.05, 0) is 60.4 Å². The van der Waals surface area contributed by atoms with Gasteiger partial charge in [0, 0.05) is 16.1 Å². The van der Waals surface area contributed by atoms with Crippen molar-refractivity contribution in [2.45, 2.75) is 39.0 Å². The van der Waals surface area contributed by atoms with Crippen LogP contribution in [0.25, 0.3) is 22.1 Å². The monoisotopic (exact) mass is 528 g/mol. The van der Waals surface area contributed by atoms with Gasteiger partial charge in [0.05, 0.1) is 21.5 Å². The van der Waals surface area contributed by atoms with E-state index in [0.29, 0.717) is 44.3 Å². The Balaban J connectivity index is 1.74. The number of hydrogen-bond donors (Lipinski definition) is 0. The second-order valence-electron chi connectivity index (χ2n) is 8.27. The number of unbranched alkanes of at least 4 members (excludes halogenated alkanes) is 3. The van der Waals surface area contributed by atoms with Crippen molar-refractivity contribution in [3.63, 3.8) is 0 Å². The van der Waals surface area contributed by atoms with Crippen molar-refractivity contribution in [1.82, 2.24) is 0 Å². The van der Waals surface area contributed by atoms with Crippen molar-refractivity contribution in [3.05, 3.63) is 97.3 Å². The first-order valence-corrected chi connectivity index (χ1v) is 12.5. The summed E-state index contributed by atoms with van der Waals surface area (Å²) in [5.41, 5.74) is 2.27. The largest absolute Gasteiger partial charge is 0.463 e. The van der Waals surface area contributed by atoms with Crippen molar-refractivity contribution in [1.29, 1.82) is 0 Å². The van der Waals surface area contributed by atoms with Crippen LogP contribution >= 0.6 is 34.8 Å². The summed E-state index contributed by atoms with van der Waals surface area (Å²) in [4.78, 5) is 26.2. The molecule has 1 heterocycles. The molecule has 180 valence electrons. The molecule has 3 aromatic carbocycles. The molecule has 4 rings (SSSR count). The van der Waals surface area contributed by atoms with Gasteiger partial charge in [0.2, 0.25) is 5.43 Å². The highest BCUT2D eigenvalue weighted by Crippen LogP contribution is 2.30. The molecule has 0 N–H and O–H groups in total. The Labute approximate surface area is 218 Å². The number of hydrogen-bond acceptors (Lipinski definition) is 4. The topological polar surface area (TPSA) is 56.5 Å². The summed E-state index contributed by atoms with van der Waals surface area (Å²) in [5, 5.41) is 1.63. The molecule has 0 atom stereocenters. The quantitative estimate of drug-likeness (QED) is 0.130. The molecule has 0 unspecified atom stereocenters. The number of esters is 1. The number of ether oxygens (including phenoxy) is 1. The number of carbonyl (C=O) groups excluding carboxylic acids is 1. The third-order valence-electron chi connectivity index (χ3n) is 5.76. The fraction of sp³-hybridized carbons (Fsp3) is 0.214. The van der Waals surface area contributed by atoms with Gasteiger partial charge in [0.1, 0.15) is 17.6 Å². The average molecular weight is 530 g/mol. The van der Waals surface area contributed by atoms with E-state index in [9.17, 15) is 9.59 Å². The van der Waals surface area contributed by atoms with Crippen LogP contribution in [-0.2, 0) is 6.42 Å². The van der Waals surface area contributed by atoms with Crippen molar-refractivity contribution >= 4 is 51.7 Å². The zero-order chi connectivity index (χ0) is 24.9. The maximum Gasteiger partial charge on any atom is 0.345 e. The molecule has 0 spiro atoms. The van der Waals surface area contributed by atoms with E-state index < -0.39 is 5.97 Å². The molecular formula is C28H23Cl3O4. The first kappa shape index (κ1) is 25.3. The van der Waals surface area contributed by atoms with Crippen molar-refractivity contribution < 1.29 is 13.9 Å². The van der Waals surface area contributed by atoms with Gasteiger partial charge in [-0.2, -0.15) is 0 Å². The summed E-state index contributed by atoms with van der Waals surface area (Å²) in [6.07, 6.45) is 6.20. The molecule has 0 amide bonds. The van der Waals surface area contributed by atoms with E-state index in [-0.39, 0.29) is 16.0 Å². The molecule has 4 aromatic rings. The lowest BCUT2D eigenvalue weighted by atomic mass is 10.0. The number of halogens is 3. The summed E-state index contributed by atoms with van der Waals surface area (Å²) in [7, 11) is 0. The van der Waals surface area contributed by atoms with Gasteiger partial charge < -0.3 is 9.15 Å². The molecule has 0 aliphatic carbocycles. The summed E-state index contributed by atoms with van der Waals surface area (Å²) in [5.74, 6) is -0.270. The molecule has 0 bridgehead atoms. The Bertz CT molecular complexity index is 1430. The maximum atomic E-state index is 13.3. The van der Waals surface area contributed by atoms with Crippen molar-refractivity contribution in [2.24, 2.45) is 0 Å². The number of benzene rings is 3. The Morgan fingerprint density at radius 1 is 0.914 bits per heavy atom. The molecule has 4 nitrogen and oxygen atoms in total. The van der Waals surface area contributed by atoms with Crippen LogP contribution in [0.15, 0.2) is 70.1 Å². The SMILES string of the molecule is CCCCCCc1cc2c(=O)c(-c3ccc(Cl)cc3)coc2cc1OC(=O)c1ccc(Cl)cc1Cl. The van der Waals surface area contributed by atoms with Gasteiger partial charge in [-0.25, -0.2) is 4.79 Å². The minimum Gasteiger partial charge on any atom is -0.463 e. The average Bonchev–Trinajstić information content (AvgIpc) is 2.83. The van der Waals surface area contributed by atoms with Crippen molar-refractivity contribution in [3.8, 4) is 16.9 Å². The van der Waals surface area contributed by atoms with Crippen LogP contribution in [0.1, 0.15) is 48.5 Å². The van der Waals surface area contributed by atoms with E-state index in [1.165, 1.54) is 18.4 Å². The number of rotatable bonds is 8. The Morgan fingerprint density at radius 3 is 2.37 bits per heavy atom. The molecule has 0 radical (unpaired) electrons. The van der Waals surface area contributed by atoms with E-state index in [1.807, 2.05) is 0 Å². The summed E-state index contributed by atoms with van der Waals surface area (Å²) >= 11 is 18.1. The molecule has 7 heteroatoms. The molecule has 0 aliphatic heterocycles. The highest BCUT2D eigenvalue weighted by atomic mass is 35.5. The summed E-state index contributed by atoms with van der Waals surface area (Å²) < 4.78 is 11.5. The second-order valence-corrected chi connectivity index (χ2v) is 9.55. The fourth-order valence-electron chi connectivity index (χ4n) is 3.87. The van der Waals surface area contributed by atoms with Crippen LogP contribution in [0.3, 0.4) is 0 Å². The zero-order valence-electron chi connectivity index (χ0n) is 19.1. The highest BCUT2D eigenvalue weighted by molar-refractivity contribution is 6.36. The van der Waals surface area contributed by atoms with Gasteiger partial charge >= 0.3 is 5.97 Å². The van der Waals surface area contributed by atoms with Gasteiger partial charge in [-0.1, -0.05) is 73.1 Å². The minimum atomic E-state index is -0.610. The van der Waals surface area contributed by atoms with E-state index in [1.54, 1.807) is 42.5 Å². The standard InChI is InChI=1S/C28H23Cl3O4/c1-2-3-4-5-6-18-13-22-26(34-16-23(27(22)32)17-7-9-19(29)10-8-17)15-25(18)35-28(33)21-12-11-20(30)14-24(21)31/h7-16H,2-6H2,1H3. The van der Waals surface area contributed by atoms with Gasteiger partial charge in [0.15, 0.2) is 0 Å². The van der Waals surface area contributed by atoms with E-state index >= 15 is 0 Å². The van der Waals surface area contributed by atoms with Crippen molar-refractivity contribution in [2.75, 3.05) is 0 Å². The molecule has 35 heavy (non-hydrogen) atoms. The minimum absolute atomic E-state index is 0.165. The number of fused-ring (bicyclic) bond motifs is 1. The zero-order valence-corrected chi connectivity index (χ0v) is 21.3. The lowest BCUT2D eigenvalue weighted by molar-refractivity contribution is 0.0733. The molecule has 0 aliphatic rings. The molecule has 1 aromatic heterocycles. The van der Waals surface area contributed by atoms with Crippen LogP contribution in [0.2, 0.25) is 15.1 Å². The van der Waals surface area contributed by atoms with Crippen LogP contribution in [0, 0.1) is 0 Å². The molecule has 0 saturated carbocycles. The Morgan fingerprint density at radius 2 is 1.66 bits per heavy atom. The first-order chi connectivity index (χ1) is 16.9. The van der Waals surface area contributed by atoms with Crippen LogP contribution in [0.4, 0.5) is 0 Å². The number of aryl methyl sites for hydroxylation is 1. The van der Waals surface area contributed by atoms with E-state index in [4.69, 9.17) is 44.0 Å². The predicted octanol–water partition coefficient (Wildman–Crippen LogP) is 8.76. The Hall–Kier alpha value is -2.79. The lowest BCUT2D eigenvalue weighted by Gasteiger charge is -2.13. The molecular weight excluding hydrogens is 507 g/mol. The van der Waals surface area contributed by atoms with Gasteiger partial charge in [-0.3, -0.25) is 4.79 Å². The lowest BCUT2D eigenvalue weighted by Crippen LogP contribution is -2.12. The van der Waals surface area contributed by atoms with Crippen LogP contribution in [0.5, 0.6) is 5.75 Å². The third-order valence-corrected chi connectivity index (χ3v) is 6.56. The smallest absolute Gasteiger partial charge is 0.345 e. The fourth-order valence-corrected chi connectivity index (χ4v) is 4.48. The summed E-state index contributed by atoms with van der Waals surface area (Å²) in [6, 6.07) is 15.0. The Kier molecular flexibility index (Phi) is 8.17. The van der Waals surface area contributed by atoms with E-state index in [0.717, 1.165) is 31.2 Å². The number of carbonyl (C=O) groups is 1. The van der Waals surface area contributed by atoms with Gasteiger partial charge in [-0.15, -0.1) is 0 Å². The van der Waals surface area contributed by atoms with Crippen LogP contribution in [-0.4, -0.2) is 5.97 Å². The van der Waals surface area contributed by atoms with Crippen LogP contribution < -0.4 is 10.2 Å². The second kappa shape index (κ2) is 11.3. The summed E-state index contributed by atoms with van der Waals surface area (Å²) in [6.45, 7) is 2.14. The first-order valence-electron chi connectivity index (χ1n) is 11.4. The van der Waals surface area contributed by atoms with Gasteiger partial charge in [0.25, 0.3) is 0 Å². The predicted molar refractivity (Wildman–Crippen MR) is 142 cm³/mol. The van der Waals surface area contributed by atoms with E-state index in [2.05, 4.69) is 6.92 Å². The maximum absolute atomic E-state index is 13.3. The molecule has 0 saturated heterocycles. The normalized spacial score (nSPS) is 11.1. The highest BCUT2D eigenvalue weighted by Gasteiger charge is 2.18. The third kappa shape index (κ3) is 5.90. The molecule has 0 fully saturated rings.